The summed E-state index contributed by atoms with van der Waals surface area (Å²) >= 11 is 1.58. The van der Waals surface area contributed by atoms with Crippen LogP contribution in [0.3, 0.4) is 0 Å². The maximum absolute atomic E-state index is 4.36. The Balaban J connectivity index is 0.000000461. The highest BCUT2D eigenvalue weighted by Gasteiger charge is 2.02. The number of anilines is 1. The van der Waals surface area contributed by atoms with Crippen LogP contribution in [-0.2, 0) is 0 Å². The molecule has 0 amide bonds. The van der Waals surface area contributed by atoms with E-state index < -0.39 is 0 Å². The van der Waals surface area contributed by atoms with Crippen LogP contribution in [0.15, 0.2) is 12.1 Å². The quantitative estimate of drug-likeness (QED) is 0.784. The molecule has 2 aromatic heterocycles. The molecule has 0 fully saturated rings. The molecule has 2 aromatic rings. The molecule has 0 bridgehead atoms. The van der Waals surface area contributed by atoms with Gasteiger partial charge >= 0.3 is 0 Å². The standard InChI is InChI=1S/C8H9N3S.C2H6/c1-5-3-4-6-7(10-5)12-8(9-2)11-6;1-2/h3-4H,1-2H3,(H,9,11);1-2H3. The molecule has 76 valence electrons. The van der Waals surface area contributed by atoms with Gasteiger partial charge in [-0.05, 0) is 19.1 Å². The first kappa shape index (κ1) is 10.9. The number of hydrogen-bond acceptors (Lipinski definition) is 4. The third-order valence-electron chi connectivity index (χ3n) is 1.61. The molecule has 1 N–H and O–H groups in total. The number of hydrogen-bond donors (Lipinski definition) is 1. The van der Waals surface area contributed by atoms with Crippen LogP contribution in [0.4, 0.5) is 5.13 Å². The van der Waals surface area contributed by atoms with E-state index in [-0.39, 0.29) is 0 Å². The van der Waals surface area contributed by atoms with Crippen molar-refractivity contribution in [2.24, 2.45) is 0 Å². The fraction of sp³-hybridized carbons (Fsp3) is 0.400. The summed E-state index contributed by atoms with van der Waals surface area (Å²) in [5, 5.41) is 3.92. The average molecular weight is 209 g/mol. The van der Waals surface area contributed by atoms with Crippen molar-refractivity contribution in [3.63, 3.8) is 0 Å². The number of aryl methyl sites for hydroxylation is 1. The van der Waals surface area contributed by atoms with Gasteiger partial charge in [0.25, 0.3) is 0 Å². The summed E-state index contributed by atoms with van der Waals surface area (Å²) in [6.45, 7) is 5.98. The van der Waals surface area contributed by atoms with E-state index in [0.29, 0.717) is 0 Å². The zero-order chi connectivity index (χ0) is 10.6. The highest BCUT2D eigenvalue weighted by atomic mass is 32.1. The fourth-order valence-electron chi connectivity index (χ4n) is 1.02. The lowest BCUT2D eigenvalue weighted by Gasteiger charge is -1.87. The number of fused-ring (bicyclic) bond motifs is 1. The maximum atomic E-state index is 4.36. The Morgan fingerprint density at radius 1 is 1.21 bits per heavy atom. The first-order valence-corrected chi connectivity index (χ1v) is 5.53. The minimum Gasteiger partial charge on any atom is -0.365 e. The number of nitrogens with one attached hydrogen (secondary N) is 1. The van der Waals surface area contributed by atoms with Crippen LogP contribution in [0.2, 0.25) is 0 Å². The van der Waals surface area contributed by atoms with Crippen LogP contribution in [0.25, 0.3) is 10.3 Å². The Morgan fingerprint density at radius 2 is 1.93 bits per heavy atom. The van der Waals surface area contributed by atoms with Crippen LogP contribution in [0.1, 0.15) is 19.5 Å². The summed E-state index contributed by atoms with van der Waals surface area (Å²) in [5.41, 5.74) is 2.00. The molecule has 0 unspecified atom stereocenters. The van der Waals surface area contributed by atoms with Gasteiger partial charge in [0.2, 0.25) is 0 Å². The summed E-state index contributed by atoms with van der Waals surface area (Å²) in [7, 11) is 1.87. The fourth-order valence-corrected chi connectivity index (χ4v) is 1.85. The van der Waals surface area contributed by atoms with Crippen LogP contribution >= 0.6 is 11.3 Å². The molecule has 0 saturated heterocycles. The van der Waals surface area contributed by atoms with Gasteiger partial charge in [0.1, 0.15) is 10.3 Å². The van der Waals surface area contributed by atoms with E-state index in [2.05, 4.69) is 15.3 Å². The number of rotatable bonds is 1. The molecule has 2 rings (SSSR count). The van der Waals surface area contributed by atoms with Gasteiger partial charge in [-0.15, -0.1) is 0 Å². The van der Waals surface area contributed by atoms with Crippen molar-refractivity contribution in [3.05, 3.63) is 17.8 Å². The van der Waals surface area contributed by atoms with Crippen LogP contribution in [0, 0.1) is 6.92 Å². The van der Waals surface area contributed by atoms with Crippen LogP contribution in [-0.4, -0.2) is 17.0 Å². The molecular formula is C10H15N3S. The normalized spacial score (nSPS) is 9.43. The van der Waals surface area contributed by atoms with Gasteiger partial charge in [-0.1, -0.05) is 25.2 Å². The molecule has 14 heavy (non-hydrogen) atoms. The molecule has 0 atom stereocenters. The summed E-state index contributed by atoms with van der Waals surface area (Å²) in [4.78, 5) is 9.68. The minimum atomic E-state index is 0.920. The lowest BCUT2D eigenvalue weighted by atomic mass is 10.4. The van der Waals surface area contributed by atoms with E-state index in [1.165, 1.54) is 0 Å². The van der Waals surface area contributed by atoms with Crippen molar-refractivity contribution in [2.75, 3.05) is 12.4 Å². The summed E-state index contributed by atoms with van der Waals surface area (Å²) < 4.78 is 0. The van der Waals surface area contributed by atoms with E-state index >= 15 is 0 Å². The van der Waals surface area contributed by atoms with E-state index in [4.69, 9.17) is 0 Å². The van der Waals surface area contributed by atoms with Crippen molar-refractivity contribution < 1.29 is 0 Å². The first-order valence-electron chi connectivity index (χ1n) is 4.71. The summed E-state index contributed by atoms with van der Waals surface area (Å²) in [6, 6.07) is 3.97. The molecule has 0 radical (unpaired) electrons. The molecule has 0 aromatic carbocycles. The second-order valence-corrected chi connectivity index (χ2v) is 3.52. The Labute approximate surface area is 88.2 Å². The third-order valence-corrected chi connectivity index (χ3v) is 2.59. The van der Waals surface area contributed by atoms with Gasteiger partial charge in [0.15, 0.2) is 5.13 Å². The van der Waals surface area contributed by atoms with Gasteiger partial charge in [-0.3, -0.25) is 0 Å². The van der Waals surface area contributed by atoms with Gasteiger partial charge < -0.3 is 5.32 Å². The smallest absolute Gasteiger partial charge is 0.185 e. The Bertz CT molecular complexity index is 409. The molecule has 0 saturated carbocycles. The SMILES string of the molecule is CC.CNc1nc2ccc(C)nc2s1. The van der Waals surface area contributed by atoms with Gasteiger partial charge in [-0.2, -0.15) is 0 Å². The monoisotopic (exact) mass is 209 g/mol. The van der Waals surface area contributed by atoms with Crippen molar-refractivity contribution in [2.45, 2.75) is 20.8 Å². The average Bonchev–Trinajstić information content (AvgIpc) is 2.62. The highest BCUT2D eigenvalue weighted by molar-refractivity contribution is 7.21. The second-order valence-electron chi connectivity index (χ2n) is 2.55. The predicted octanol–water partition coefficient (Wildman–Crippen LogP) is 3.07. The van der Waals surface area contributed by atoms with Crippen molar-refractivity contribution in [3.8, 4) is 0 Å². The van der Waals surface area contributed by atoms with E-state index in [1.54, 1.807) is 11.3 Å². The molecular weight excluding hydrogens is 194 g/mol. The zero-order valence-electron chi connectivity index (χ0n) is 8.96. The van der Waals surface area contributed by atoms with Crippen molar-refractivity contribution in [1.82, 2.24) is 9.97 Å². The summed E-state index contributed by atoms with van der Waals surface area (Å²) in [6.07, 6.45) is 0. The molecule has 2 heterocycles. The molecule has 0 spiro atoms. The summed E-state index contributed by atoms with van der Waals surface area (Å²) in [5.74, 6) is 0. The zero-order valence-corrected chi connectivity index (χ0v) is 9.77. The van der Waals surface area contributed by atoms with E-state index in [0.717, 1.165) is 21.2 Å². The number of thiazole rings is 1. The van der Waals surface area contributed by atoms with E-state index in [9.17, 15) is 0 Å². The van der Waals surface area contributed by atoms with Crippen molar-refractivity contribution in [1.29, 1.82) is 0 Å². The Hall–Kier alpha value is -1.16. The molecule has 0 aliphatic rings. The van der Waals surface area contributed by atoms with Gasteiger partial charge in [0, 0.05) is 12.7 Å². The van der Waals surface area contributed by atoms with Gasteiger partial charge in [-0.25, -0.2) is 9.97 Å². The predicted molar refractivity (Wildman–Crippen MR) is 63.0 cm³/mol. The van der Waals surface area contributed by atoms with Crippen LogP contribution < -0.4 is 5.32 Å². The maximum Gasteiger partial charge on any atom is 0.185 e. The Morgan fingerprint density at radius 3 is 2.57 bits per heavy atom. The number of pyridine rings is 1. The largest absolute Gasteiger partial charge is 0.365 e. The number of aromatic nitrogens is 2. The topological polar surface area (TPSA) is 37.8 Å². The minimum absolute atomic E-state index is 0.920. The lowest BCUT2D eigenvalue weighted by molar-refractivity contribution is 1.26. The third kappa shape index (κ3) is 2.20. The van der Waals surface area contributed by atoms with Crippen LogP contribution in [0.5, 0.6) is 0 Å². The molecule has 0 aliphatic heterocycles. The second kappa shape index (κ2) is 4.91. The number of nitrogens with zero attached hydrogens (tertiary/aromatic N) is 2. The first-order chi connectivity index (χ1) is 6.79. The highest BCUT2D eigenvalue weighted by Crippen LogP contribution is 2.23. The molecule has 0 aliphatic carbocycles. The van der Waals surface area contributed by atoms with Crippen molar-refractivity contribution >= 4 is 26.8 Å². The van der Waals surface area contributed by atoms with Gasteiger partial charge in [0.05, 0.1) is 0 Å². The lowest BCUT2D eigenvalue weighted by Crippen LogP contribution is -1.83. The van der Waals surface area contributed by atoms with E-state index in [1.807, 2.05) is 40.0 Å². The Kier molecular flexibility index (Phi) is 3.83. The molecule has 4 heteroatoms. The molecule has 3 nitrogen and oxygen atoms in total.